The Morgan fingerprint density at radius 2 is 1.60 bits per heavy atom. The van der Waals surface area contributed by atoms with E-state index in [0.717, 1.165) is 36.8 Å². The van der Waals surface area contributed by atoms with E-state index in [4.69, 9.17) is 9.37 Å². The van der Waals surface area contributed by atoms with Gasteiger partial charge in [-0.25, -0.2) is 4.63 Å². The van der Waals surface area contributed by atoms with Crippen molar-refractivity contribution in [2.45, 2.75) is 46.1 Å². The Balaban J connectivity index is 1.54. The molecular weight excluding hydrogens is 550 g/mol. The van der Waals surface area contributed by atoms with Crippen LogP contribution in [0.25, 0.3) is 33.2 Å². The van der Waals surface area contributed by atoms with E-state index < -0.39 is 16.6 Å². The molecule has 0 radical (unpaired) electrons. The number of nitro groups is 1. The van der Waals surface area contributed by atoms with Gasteiger partial charge in [0.15, 0.2) is 11.3 Å². The maximum atomic E-state index is 14.1. The highest BCUT2D eigenvalue weighted by atomic mass is 16.6. The van der Waals surface area contributed by atoms with E-state index in [1.807, 2.05) is 59.2 Å². The van der Waals surface area contributed by atoms with E-state index in [-0.39, 0.29) is 29.1 Å². The molecule has 0 saturated heterocycles. The molecule has 11 nitrogen and oxygen atoms in total. The molecule has 2 aromatic heterocycles. The van der Waals surface area contributed by atoms with Gasteiger partial charge < -0.3 is 14.2 Å². The number of hydrogen-bond acceptors (Lipinski definition) is 8. The van der Waals surface area contributed by atoms with Gasteiger partial charge in [0.2, 0.25) is 5.52 Å². The topological polar surface area (TPSA) is 134 Å². The van der Waals surface area contributed by atoms with E-state index in [2.05, 4.69) is 24.2 Å². The van der Waals surface area contributed by atoms with Crippen LogP contribution >= 0.6 is 0 Å². The quantitative estimate of drug-likeness (QED) is 0.0631. The van der Waals surface area contributed by atoms with Crippen LogP contribution < -0.4 is 4.74 Å². The molecule has 0 spiro atoms. The lowest BCUT2D eigenvalue weighted by molar-refractivity contribution is -0.383. The third-order valence-corrected chi connectivity index (χ3v) is 7.42. The molecule has 0 bridgehead atoms. The SMILES string of the molecule is CCCCN(CCCC)C(=O)C(=O)c1c(-c2ccccc2)n(CCOc2ccc([N+](=O)[O-])c3nonc23)c2ccccc12. The number of benzene rings is 3. The van der Waals surface area contributed by atoms with Gasteiger partial charge in [0, 0.05) is 30.1 Å². The number of nitro benzene ring substituents is 1. The summed E-state index contributed by atoms with van der Waals surface area (Å²) in [6.07, 6.45) is 3.49. The van der Waals surface area contributed by atoms with Crippen LogP contribution in [-0.4, -0.2) is 56.1 Å². The fraction of sp³-hybridized carbons (Fsp3) is 0.312. The number of rotatable bonds is 14. The van der Waals surface area contributed by atoms with Crippen LogP contribution in [0.5, 0.6) is 5.75 Å². The Morgan fingerprint density at radius 1 is 0.930 bits per heavy atom. The molecule has 5 rings (SSSR count). The highest BCUT2D eigenvalue weighted by Crippen LogP contribution is 2.35. The van der Waals surface area contributed by atoms with Crippen molar-refractivity contribution in [2.75, 3.05) is 19.7 Å². The number of nitrogens with zero attached hydrogens (tertiary/aromatic N) is 5. The number of non-ortho nitro benzene ring substituents is 1. The number of ether oxygens (including phenoxy) is 1. The van der Waals surface area contributed by atoms with Gasteiger partial charge in [0.05, 0.1) is 22.7 Å². The monoisotopic (exact) mass is 583 g/mol. The van der Waals surface area contributed by atoms with Crippen molar-refractivity contribution < 1.29 is 23.9 Å². The molecule has 0 atom stereocenters. The summed E-state index contributed by atoms with van der Waals surface area (Å²) in [5.74, 6) is -0.744. The fourth-order valence-electron chi connectivity index (χ4n) is 5.27. The summed E-state index contributed by atoms with van der Waals surface area (Å²) in [5, 5.41) is 19.5. The van der Waals surface area contributed by atoms with Gasteiger partial charge in [-0.05, 0) is 40.9 Å². The zero-order chi connectivity index (χ0) is 30.3. The number of para-hydroxylation sites is 1. The number of carbonyl (C=O) groups excluding carboxylic acids is 2. The third-order valence-electron chi connectivity index (χ3n) is 7.42. The highest BCUT2D eigenvalue weighted by Gasteiger charge is 2.30. The molecule has 0 N–H and O–H groups in total. The molecule has 0 saturated carbocycles. The van der Waals surface area contributed by atoms with Gasteiger partial charge >= 0.3 is 5.69 Å². The van der Waals surface area contributed by atoms with Crippen LogP contribution in [0, 0.1) is 10.1 Å². The molecule has 43 heavy (non-hydrogen) atoms. The summed E-state index contributed by atoms with van der Waals surface area (Å²) in [7, 11) is 0. The van der Waals surface area contributed by atoms with Crippen LogP contribution in [0.3, 0.4) is 0 Å². The Morgan fingerprint density at radius 3 is 2.30 bits per heavy atom. The lowest BCUT2D eigenvalue weighted by atomic mass is 10.0. The zero-order valence-corrected chi connectivity index (χ0v) is 24.2. The molecule has 0 aliphatic rings. The minimum atomic E-state index is -0.556. The molecule has 2 heterocycles. The summed E-state index contributed by atoms with van der Waals surface area (Å²) < 4.78 is 12.8. The Hall–Kier alpha value is -5.06. The predicted molar refractivity (Wildman–Crippen MR) is 162 cm³/mol. The molecule has 0 aliphatic carbocycles. The molecule has 11 heteroatoms. The van der Waals surface area contributed by atoms with Crippen molar-refractivity contribution in [3.8, 4) is 17.0 Å². The largest absolute Gasteiger partial charge is 0.489 e. The number of Topliss-reactive ketones (excluding diaryl/α,β-unsaturated/α-hetero) is 1. The molecule has 3 aromatic carbocycles. The van der Waals surface area contributed by atoms with Gasteiger partial charge in [-0.3, -0.25) is 19.7 Å². The van der Waals surface area contributed by atoms with Crippen LogP contribution in [0.2, 0.25) is 0 Å². The average molecular weight is 584 g/mol. The molecule has 5 aromatic rings. The van der Waals surface area contributed by atoms with E-state index in [9.17, 15) is 19.7 Å². The lowest BCUT2D eigenvalue weighted by Gasteiger charge is -2.22. The number of fused-ring (bicyclic) bond motifs is 2. The average Bonchev–Trinajstić information content (AvgIpc) is 3.65. The van der Waals surface area contributed by atoms with E-state index in [1.54, 1.807) is 4.90 Å². The first kappa shape index (κ1) is 29.4. The van der Waals surface area contributed by atoms with E-state index in [1.165, 1.54) is 12.1 Å². The second kappa shape index (κ2) is 13.3. The van der Waals surface area contributed by atoms with Crippen LogP contribution in [0.15, 0.2) is 71.4 Å². The standard InChI is InChI=1S/C32H33N5O6/c1-3-5-18-35(19-6-4-2)32(39)31(38)27-23-14-10-11-15-24(23)36(30(27)22-12-8-7-9-13-22)20-21-42-26-17-16-25(37(40)41)28-29(26)34-43-33-28/h7-17H,3-6,18-21H2,1-2H3. The molecule has 1 amide bonds. The van der Waals surface area contributed by atoms with Crippen molar-refractivity contribution in [3.63, 3.8) is 0 Å². The molecule has 0 unspecified atom stereocenters. The van der Waals surface area contributed by atoms with Crippen LogP contribution in [0.4, 0.5) is 5.69 Å². The summed E-state index contributed by atoms with van der Waals surface area (Å²) in [4.78, 5) is 40.4. The number of amides is 1. The summed E-state index contributed by atoms with van der Waals surface area (Å²) in [6.45, 7) is 5.65. The number of ketones is 1. The van der Waals surface area contributed by atoms with E-state index >= 15 is 0 Å². The number of unbranched alkanes of at least 4 members (excludes halogenated alkanes) is 2. The van der Waals surface area contributed by atoms with Crippen molar-refractivity contribution in [3.05, 3.63) is 82.4 Å². The zero-order valence-electron chi connectivity index (χ0n) is 24.2. The highest BCUT2D eigenvalue weighted by molar-refractivity contribution is 6.46. The first-order valence-electron chi connectivity index (χ1n) is 14.5. The molecule has 222 valence electrons. The number of carbonyl (C=O) groups is 2. The van der Waals surface area contributed by atoms with Gasteiger partial charge in [-0.15, -0.1) is 0 Å². The Kier molecular flexibility index (Phi) is 9.09. The molecule has 0 fully saturated rings. The van der Waals surface area contributed by atoms with Crippen LogP contribution in [-0.2, 0) is 11.3 Å². The van der Waals surface area contributed by atoms with E-state index in [0.29, 0.717) is 36.3 Å². The van der Waals surface area contributed by atoms with Gasteiger partial charge in [-0.2, -0.15) is 0 Å². The van der Waals surface area contributed by atoms with Crippen molar-refractivity contribution in [1.29, 1.82) is 0 Å². The number of aromatic nitrogens is 3. The smallest absolute Gasteiger partial charge is 0.301 e. The Bertz CT molecular complexity index is 1750. The minimum Gasteiger partial charge on any atom is -0.489 e. The second-order valence-electron chi connectivity index (χ2n) is 10.2. The minimum absolute atomic E-state index is 0.000911. The molecule has 0 aliphatic heterocycles. The number of hydrogen-bond donors (Lipinski definition) is 0. The third kappa shape index (κ3) is 5.97. The maximum absolute atomic E-state index is 14.1. The maximum Gasteiger partial charge on any atom is 0.301 e. The summed E-state index contributed by atoms with van der Waals surface area (Å²) in [5.41, 5.74) is 2.49. The normalized spacial score (nSPS) is 11.2. The summed E-state index contributed by atoms with van der Waals surface area (Å²) >= 11 is 0. The first-order valence-corrected chi connectivity index (χ1v) is 14.5. The Labute approximate surface area is 248 Å². The fourth-order valence-corrected chi connectivity index (χ4v) is 5.27. The van der Waals surface area contributed by atoms with Crippen molar-refractivity contribution >= 4 is 39.3 Å². The van der Waals surface area contributed by atoms with Gasteiger partial charge in [-0.1, -0.05) is 75.2 Å². The predicted octanol–water partition coefficient (Wildman–Crippen LogP) is 6.44. The summed E-state index contributed by atoms with van der Waals surface area (Å²) in [6, 6.07) is 19.8. The lowest BCUT2D eigenvalue weighted by Crippen LogP contribution is -2.38. The van der Waals surface area contributed by atoms with Crippen molar-refractivity contribution in [2.24, 2.45) is 0 Å². The molecular formula is C32H33N5O6. The van der Waals surface area contributed by atoms with Crippen molar-refractivity contribution in [1.82, 2.24) is 19.8 Å². The van der Waals surface area contributed by atoms with Gasteiger partial charge in [0.25, 0.3) is 11.7 Å². The first-order chi connectivity index (χ1) is 21.0. The second-order valence-corrected chi connectivity index (χ2v) is 10.2. The van der Waals surface area contributed by atoms with Crippen LogP contribution in [0.1, 0.15) is 49.9 Å². The van der Waals surface area contributed by atoms with Gasteiger partial charge in [0.1, 0.15) is 6.61 Å².